The molecule has 102 valence electrons. The van der Waals surface area contributed by atoms with E-state index in [1.807, 2.05) is 0 Å². The first kappa shape index (κ1) is 15.2. The number of nitrogens with one attached hydrogen (secondary N) is 1. The standard InChI is InChI=1S/C16H28N2/c1-3-4-5-8-14(2)18-12-11-15-9-6-7-10-16(15)13-17/h6-7,9-10,14,18H,3-5,8,11-13,17H2,1-2H3. The number of benzene rings is 1. The highest BCUT2D eigenvalue weighted by molar-refractivity contribution is 5.27. The van der Waals surface area contributed by atoms with E-state index in [0.717, 1.165) is 13.0 Å². The molecule has 1 aromatic rings. The highest BCUT2D eigenvalue weighted by atomic mass is 14.9. The van der Waals surface area contributed by atoms with Gasteiger partial charge in [0.1, 0.15) is 0 Å². The number of nitrogens with two attached hydrogens (primary N) is 1. The zero-order valence-electron chi connectivity index (χ0n) is 11.9. The topological polar surface area (TPSA) is 38.0 Å². The average molecular weight is 248 g/mol. The van der Waals surface area contributed by atoms with Gasteiger partial charge in [0, 0.05) is 12.6 Å². The monoisotopic (exact) mass is 248 g/mol. The van der Waals surface area contributed by atoms with Crippen LogP contribution in [0.4, 0.5) is 0 Å². The third-order valence-electron chi connectivity index (χ3n) is 3.47. The minimum absolute atomic E-state index is 0.626. The number of hydrogen-bond donors (Lipinski definition) is 2. The van der Waals surface area contributed by atoms with Crippen molar-refractivity contribution in [3.63, 3.8) is 0 Å². The van der Waals surface area contributed by atoms with E-state index in [4.69, 9.17) is 5.73 Å². The quantitative estimate of drug-likeness (QED) is 0.658. The van der Waals surface area contributed by atoms with Gasteiger partial charge in [-0.25, -0.2) is 0 Å². The highest BCUT2D eigenvalue weighted by Gasteiger charge is 2.02. The second-order valence-corrected chi connectivity index (χ2v) is 5.07. The molecule has 1 unspecified atom stereocenters. The van der Waals surface area contributed by atoms with Crippen LogP contribution in [0.15, 0.2) is 24.3 Å². The van der Waals surface area contributed by atoms with Gasteiger partial charge in [-0.15, -0.1) is 0 Å². The van der Waals surface area contributed by atoms with Crippen LogP contribution in [0.25, 0.3) is 0 Å². The second-order valence-electron chi connectivity index (χ2n) is 5.07. The van der Waals surface area contributed by atoms with Gasteiger partial charge in [-0.05, 0) is 37.4 Å². The predicted molar refractivity (Wildman–Crippen MR) is 79.6 cm³/mol. The largest absolute Gasteiger partial charge is 0.326 e. The summed E-state index contributed by atoms with van der Waals surface area (Å²) in [7, 11) is 0. The molecule has 0 radical (unpaired) electrons. The summed E-state index contributed by atoms with van der Waals surface area (Å²) in [5.74, 6) is 0. The van der Waals surface area contributed by atoms with Crippen molar-refractivity contribution >= 4 is 0 Å². The fourth-order valence-electron chi connectivity index (χ4n) is 2.26. The van der Waals surface area contributed by atoms with E-state index >= 15 is 0 Å². The Morgan fingerprint density at radius 2 is 1.89 bits per heavy atom. The van der Waals surface area contributed by atoms with Gasteiger partial charge in [-0.2, -0.15) is 0 Å². The third-order valence-corrected chi connectivity index (χ3v) is 3.47. The van der Waals surface area contributed by atoms with Crippen LogP contribution in [0, 0.1) is 0 Å². The molecule has 2 heteroatoms. The van der Waals surface area contributed by atoms with E-state index in [9.17, 15) is 0 Å². The lowest BCUT2D eigenvalue weighted by Crippen LogP contribution is -2.28. The number of unbranched alkanes of at least 4 members (excludes halogenated alkanes) is 2. The Morgan fingerprint density at radius 3 is 2.56 bits per heavy atom. The van der Waals surface area contributed by atoms with Gasteiger partial charge in [0.25, 0.3) is 0 Å². The highest BCUT2D eigenvalue weighted by Crippen LogP contribution is 2.08. The summed E-state index contributed by atoms with van der Waals surface area (Å²) in [4.78, 5) is 0. The number of rotatable bonds is 9. The Balaban J connectivity index is 2.24. The Morgan fingerprint density at radius 1 is 1.17 bits per heavy atom. The summed E-state index contributed by atoms with van der Waals surface area (Å²) >= 11 is 0. The van der Waals surface area contributed by atoms with Gasteiger partial charge in [-0.3, -0.25) is 0 Å². The summed E-state index contributed by atoms with van der Waals surface area (Å²) in [5, 5.41) is 3.60. The van der Waals surface area contributed by atoms with Crippen LogP contribution in [0.5, 0.6) is 0 Å². The molecule has 0 spiro atoms. The van der Waals surface area contributed by atoms with Gasteiger partial charge < -0.3 is 11.1 Å². The van der Waals surface area contributed by atoms with Crippen molar-refractivity contribution in [1.29, 1.82) is 0 Å². The molecule has 3 N–H and O–H groups in total. The molecule has 1 rings (SSSR count). The normalized spacial score (nSPS) is 12.6. The van der Waals surface area contributed by atoms with E-state index in [2.05, 4.69) is 43.4 Å². The maximum Gasteiger partial charge on any atom is 0.0180 e. The smallest absolute Gasteiger partial charge is 0.0180 e. The Labute approximate surface area is 112 Å². The SMILES string of the molecule is CCCCCC(C)NCCc1ccccc1CN. The van der Waals surface area contributed by atoms with E-state index in [1.54, 1.807) is 0 Å². The average Bonchev–Trinajstić information content (AvgIpc) is 2.39. The van der Waals surface area contributed by atoms with E-state index in [1.165, 1.54) is 36.8 Å². The molecule has 0 saturated heterocycles. The van der Waals surface area contributed by atoms with Crippen molar-refractivity contribution in [2.75, 3.05) is 6.54 Å². The van der Waals surface area contributed by atoms with Crippen LogP contribution in [0.1, 0.15) is 50.7 Å². The summed E-state index contributed by atoms with van der Waals surface area (Å²) < 4.78 is 0. The maximum absolute atomic E-state index is 5.74. The summed E-state index contributed by atoms with van der Waals surface area (Å²) in [6.07, 6.45) is 6.35. The molecule has 18 heavy (non-hydrogen) atoms. The molecule has 0 bridgehead atoms. The molecule has 0 heterocycles. The van der Waals surface area contributed by atoms with Crippen LogP contribution < -0.4 is 11.1 Å². The Bertz CT molecular complexity index is 323. The van der Waals surface area contributed by atoms with Crippen LogP contribution in [-0.2, 0) is 13.0 Å². The van der Waals surface area contributed by atoms with Gasteiger partial charge in [-0.1, -0.05) is 50.5 Å². The lowest BCUT2D eigenvalue weighted by atomic mass is 10.0. The molecule has 0 saturated carbocycles. The van der Waals surface area contributed by atoms with Crippen LogP contribution in [0.2, 0.25) is 0 Å². The molecule has 0 aliphatic carbocycles. The van der Waals surface area contributed by atoms with E-state index < -0.39 is 0 Å². The van der Waals surface area contributed by atoms with Crippen molar-refractivity contribution in [2.24, 2.45) is 5.73 Å². The summed E-state index contributed by atoms with van der Waals surface area (Å²) in [6, 6.07) is 9.10. The first-order valence-electron chi connectivity index (χ1n) is 7.28. The summed E-state index contributed by atoms with van der Waals surface area (Å²) in [5.41, 5.74) is 8.40. The minimum Gasteiger partial charge on any atom is -0.326 e. The van der Waals surface area contributed by atoms with Crippen molar-refractivity contribution < 1.29 is 0 Å². The zero-order valence-corrected chi connectivity index (χ0v) is 11.9. The van der Waals surface area contributed by atoms with Gasteiger partial charge >= 0.3 is 0 Å². The third kappa shape index (κ3) is 5.65. The fraction of sp³-hybridized carbons (Fsp3) is 0.625. The van der Waals surface area contributed by atoms with Gasteiger partial charge in [0.2, 0.25) is 0 Å². The molecule has 0 amide bonds. The van der Waals surface area contributed by atoms with Gasteiger partial charge in [0.05, 0.1) is 0 Å². The molecule has 0 fully saturated rings. The van der Waals surface area contributed by atoms with Gasteiger partial charge in [0.15, 0.2) is 0 Å². The van der Waals surface area contributed by atoms with Crippen LogP contribution in [0.3, 0.4) is 0 Å². The molecular weight excluding hydrogens is 220 g/mol. The fourth-order valence-corrected chi connectivity index (χ4v) is 2.26. The maximum atomic E-state index is 5.74. The van der Waals surface area contributed by atoms with Crippen LogP contribution >= 0.6 is 0 Å². The summed E-state index contributed by atoms with van der Waals surface area (Å²) in [6.45, 7) is 6.22. The Kier molecular flexibility index (Phi) is 7.70. The molecule has 0 aromatic heterocycles. The van der Waals surface area contributed by atoms with Crippen LogP contribution in [-0.4, -0.2) is 12.6 Å². The number of hydrogen-bond acceptors (Lipinski definition) is 2. The van der Waals surface area contributed by atoms with Crippen molar-refractivity contribution in [1.82, 2.24) is 5.32 Å². The van der Waals surface area contributed by atoms with E-state index in [0.29, 0.717) is 12.6 Å². The van der Waals surface area contributed by atoms with Crippen molar-refractivity contribution in [3.8, 4) is 0 Å². The lowest BCUT2D eigenvalue weighted by Gasteiger charge is -2.14. The Hall–Kier alpha value is -0.860. The molecule has 1 aromatic carbocycles. The predicted octanol–water partition coefficient (Wildman–Crippen LogP) is 3.25. The second kappa shape index (κ2) is 9.12. The zero-order chi connectivity index (χ0) is 13.2. The van der Waals surface area contributed by atoms with E-state index in [-0.39, 0.29) is 0 Å². The molecule has 2 nitrogen and oxygen atoms in total. The van der Waals surface area contributed by atoms with Crippen molar-refractivity contribution in [3.05, 3.63) is 35.4 Å². The van der Waals surface area contributed by atoms with Crippen molar-refractivity contribution in [2.45, 2.75) is 58.5 Å². The first-order chi connectivity index (χ1) is 8.77. The molecule has 0 aliphatic rings. The lowest BCUT2D eigenvalue weighted by molar-refractivity contribution is 0.490. The minimum atomic E-state index is 0.626. The molecule has 0 aliphatic heterocycles. The first-order valence-corrected chi connectivity index (χ1v) is 7.28. The molecular formula is C16H28N2. The molecule has 1 atom stereocenters.